The van der Waals surface area contributed by atoms with Gasteiger partial charge in [-0.3, -0.25) is 4.79 Å². The Morgan fingerprint density at radius 1 is 1.27 bits per heavy atom. The van der Waals surface area contributed by atoms with Crippen molar-refractivity contribution in [2.45, 2.75) is 77.4 Å². The Balaban J connectivity index is 1.37. The average molecular weight is 471 g/mol. The third-order valence-electron chi connectivity index (χ3n) is 6.99. The Labute approximate surface area is 202 Å². The summed E-state index contributed by atoms with van der Waals surface area (Å²) in [7, 11) is 0. The third-order valence-corrected chi connectivity index (χ3v) is 7.26. The fourth-order valence-electron chi connectivity index (χ4n) is 4.81. The molecular weight excluding hydrogens is 436 g/mol. The molecule has 0 bridgehead atoms. The Kier molecular flexibility index (Phi) is 7.74. The zero-order chi connectivity index (χ0) is 23.4. The average Bonchev–Trinajstić information content (AvgIpc) is 3.22. The number of nitrogens with one attached hydrogen (secondary N) is 1. The van der Waals surface area contributed by atoms with Crippen molar-refractivity contribution in [2.75, 3.05) is 18.0 Å². The van der Waals surface area contributed by atoms with Gasteiger partial charge in [-0.1, -0.05) is 49.9 Å². The summed E-state index contributed by atoms with van der Waals surface area (Å²) in [5.41, 5.74) is 1.05. The van der Waals surface area contributed by atoms with Gasteiger partial charge in [0.1, 0.15) is 22.7 Å². The molecule has 2 aromatic rings. The third kappa shape index (κ3) is 5.97. The summed E-state index contributed by atoms with van der Waals surface area (Å²) in [6.45, 7) is 7.34. The molecule has 2 aliphatic rings. The largest absolute Gasteiger partial charge is 0.489 e. The van der Waals surface area contributed by atoms with E-state index in [0.29, 0.717) is 10.9 Å². The summed E-state index contributed by atoms with van der Waals surface area (Å²) >= 11 is 6.52. The molecule has 3 unspecified atom stereocenters. The number of amides is 1. The monoisotopic (exact) mass is 470 g/mol. The van der Waals surface area contributed by atoms with Crippen LogP contribution >= 0.6 is 11.6 Å². The van der Waals surface area contributed by atoms with E-state index in [-0.39, 0.29) is 18.1 Å². The van der Waals surface area contributed by atoms with E-state index in [2.05, 4.69) is 22.1 Å². The maximum absolute atomic E-state index is 11.3. The van der Waals surface area contributed by atoms with Crippen LogP contribution in [0.25, 0.3) is 0 Å². The molecule has 7 heteroatoms. The van der Waals surface area contributed by atoms with Crippen LogP contribution in [0, 0.1) is 5.92 Å². The molecule has 1 aliphatic heterocycles. The zero-order valence-electron chi connectivity index (χ0n) is 19.9. The first-order chi connectivity index (χ1) is 15.9. The van der Waals surface area contributed by atoms with Crippen molar-refractivity contribution < 1.29 is 9.53 Å². The van der Waals surface area contributed by atoms with E-state index in [1.54, 1.807) is 6.20 Å². The van der Waals surface area contributed by atoms with E-state index in [9.17, 15) is 4.79 Å². The van der Waals surface area contributed by atoms with E-state index in [4.69, 9.17) is 21.3 Å². The number of rotatable bonds is 9. The van der Waals surface area contributed by atoms with Crippen LogP contribution in [0.2, 0.25) is 5.02 Å². The van der Waals surface area contributed by atoms with Crippen LogP contribution < -0.4 is 15.0 Å². The minimum atomic E-state index is -0.0336. The Morgan fingerprint density at radius 2 is 2.03 bits per heavy atom. The van der Waals surface area contributed by atoms with Crippen LogP contribution in [0.4, 0.5) is 5.82 Å². The number of carbonyl (C=O) groups is 1. The highest BCUT2D eigenvalue weighted by Gasteiger charge is 2.29. The smallest absolute Gasteiger partial charge is 0.217 e. The molecule has 33 heavy (non-hydrogen) atoms. The van der Waals surface area contributed by atoms with Gasteiger partial charge in [0.15, 0.2) is 5.82 Å². The van der Waals surface area contributed by atoms with Crippen LogP contribution in [0.15, 0.2) is 30.5 Å². The normalized spacial score (nSPS) is 20.2. The summed E-state index contributed by atoms with van der Waals surface area (Å²) in [6, 6.07) is 7.92. The molecule has 1 aliphatic carbocycles. The van der Waals surface area contributed by atoms with Gasteiger partial charge in [0.2, 0.25) is 5.91 Å². The molecule has 0 radical (unpaired) electrons. The van der Waals surface area contributed by atoms with Crippen LogP contribution in [-0.2, 0) is 4.79 Å². The number of carbonyl (C=O) groups excluding carboxylic acids is 1. The lowest BCUT2D eigenvalue weighted by Crippen LogP contribution is -2.26. The first-order valence-corrected chi connectivity index (χ1v) is 12.6. The van der Waals surface area contributed by atoms with E-state index in [0.717, 1.165) is 54.8 Å². The Morgan fingerprint density at radius 3 is 2.67 bits per heavy atom. The molecule has 1 aromatic heterocycles. The number of anilines is 1. The number of hydrogen-bond donors (Lipinski definition) is 1. The minimum Gasteiger partial charge on any atom is -0.489 e. The number of ether oxygens (including phenoxy) is 1. The van der Waals surface area contributed by atoms with Crippen LogP contribution in [0.3, 0.4) is 0 Å². The molecule has 0 spiro atoms. The highest BCUT2D eigenvalue weighted by atomic mass is 35.5. The number of halogens is 1. The zero-order valence-corrected chi connectivity index (χ0v) is 20.6. The van der Waals surface area contributed by atoms with Crippen LogP contribution in [0.1, 0.15) is 82.6 Å². The predicted octanol–water partition coefficient (Wildman–Crippen LogP) is 5.67. The van der Waals surface area contributed by atoms with Gasteiger partial charge in [0, 0.05) is 25.8 Å². The first-order valence-electron chi connectivity index (χ1n) is 12.2. The van der Waals surface area contributed by atoms with Crippen molar-refractivity contribution in [3.63, 3.8) is 0 Å². The predicted molar refractivity (Wildman–Crippen MR) is 132 cm³/mol. The SMILES string of the molecule is CCC(CC1CCC1)c1ncc(Cl)c(N2CCC(Oc3ccc(C(C)NC(C)=O)cc3)C2)n1. The maximum Gasteiger partial charge on any atom is 0.217 e. The number of aromatic nitrogens is 2. The van der Waals surface area contributed by atoms with Crippen molar-refractivity contribution >= 4 is 23.3 Å². The summed E-state index contributed by atoms with van der Waals surface area (Å²) in [5.74, 6) is 3.79. The molecule has 3 atom stereocenters. The second-order valence-corrected chi connectivity index (χ2v) is 9.91. The van der Waals surface area contributed by atoms with Gasteiger partial charge in [-0.05, 0) is 43.4 Å². The summed E-state index contributed by atoms with van der Waals surface area (Å²) in [6.07, 6.45) is 9.05. The molecule has 1 N–H and O–H groups in total. The molecule has 1 saturated heterocycles. The highest BCUT2D eigenvalue weighted by Crippen LogP contribution is 2.37. The maximum atomic E-state index is 11.3. The lowest BCUT2D eigenvalue weighted by molar-refractivity contribution is -0.119. The molecule has 178 valence electrons. The van der Waals surface area contributed by atoms with Crippen molar-refractivity contribution in [3.8, 4) is 5.75 Å². The standard InChI is InChI=1S/C26H35ClN4O2/c1-4-20(14-19-6-5-7-19)25-28-15-24(27)26(30-25)31-13-12-23(16-31)33-22-10-8-21(9-11-22)17(2)29-18(3)32/h8-11,15,17,19-20,23H,4-7,12-14,16H2,1-3H3,(H,29,32). The molecule has 4 rings (SSSR count). The fourth-order valence-corrected chi connectivity index (χ4v) is 5.02. The van der Waals surface area contributed by atoms with Gasteiger partial charge in [0.05, 0.1) is 18.8 Å². The second-order valence-electron chi connectivity index (χ2n) is 9.50. The lowest BCUT2D eigenvalue weighted by atomic mass is 9.78. The van der Waals surface area contributed by atoms with Crippen LogP contribution in [-0.4, -0.2) is 35.1 Å². The van der Waals surface area contributed by atoms with Gasteiger partial charge < -0.3 is 15.0 Å². The van der Waals surface area contributed by atoms with E-state index in [1.165, 1.54) is 32.6 Å². The van der Waals surface area contributed by atoms with E-state index >= 15 is 0 Å². The molecular formula is C26H35ClN4O2. The van der Waals surface area contributed by atoms with E-state index < -0.39 is 0 Å². The lowest BCUT2D eigenvalue weighted by Gasteiger charge is -2.29. The summed E-state index contributed by atoms with van der Waals surface area (Å²) in [4.78, 5) is 23.0. The van der Waals surface area contributed by atoms with Crippen molar-refractivity contribution in [3.05, 3.63) is 46.9 Å². The summed E-state index contributed by atoms with van der Waals surface area (Å²) < 4.78 is 6.24. The molecule has 2 heterocycles. The molecule has 6 nitrogen and oxygen atoms in total. The van der Waals surface area contributed by atoms with E-state index in [1.807, 2.05) is 31.2 Å². The van der Waals surface area contributed by atoms with Crippen molar-refractivity contribution in [1.82, 2.24) is 15.3 Å². The van der Waals surface area contributed by atoms with Crippen molar-refractivity contribution in [2.24, 2.45) is 5.92 Å². The highest BCUT2D eigenvalue weighted by molar-refractivity contribution is 6.32. The minimum absolute atomic E-state index is 0.0242. The number of hydrogen-bond acceptors (Lipinski definition) is 5. The summed E-state index contributed by atoms with van der Waals surface area (Å²) in [5, 5.41) is 3.51. The molecule has 1 aromatic carbocycles. The molecule has 1 saturated carbocycles. The second kappa shape index (κ2) is 10.7. The first kappa shape index (κ1) is 23.8. The Bertz CT molecular complexity index is 948. The van der Waals surface area contributed by atoms with Crippen molar-refractivity contribution in [1.29, 1.82) is 0 Å². The number of benzene rings is 1. The number of nitrogens with zero attached hydrogens (tertiary/aromatic N) is 3. The topological polar surface area (TPSA) is 67.3 Å². The fraction of sp³-hybridized carbons (Fsp3) is 0.577. The van der Waals surface area contributed by atoms with Gasteiger partial charge in [-0.2, -0.15) is 0 Å². The molecule has 1 amide bonds. The van der Waals surface area contributed by atoms with Gasteiger partial charge >= 0.3 is 0 Å². The van der Waals surface area contributed by atoms with Gasteiger partial charge in [0.25, 0.3) is 0 Å². The quantitative estimate of drug-likeness (QED) is 0.511. The van der Waals surface area contributed by atoms with Gasteiger partial charge in [-0.25, -0.2) is 9.97 Å². The van der Waals surface area contributed by atoms with Gasteiger partial charge in [-0.15, -0.1) is 0 Å². The molecule has 2 fully saturated rings. The van der Waals surface area contributed by atoms with Crippen LogP contribution in [0.5, 0.6) is 5.75 Å². The Hall–Kier alpha value is -2.34.